The number of hydrogen-bond donors (Lipinski definition) is 1. The Bertz CT molecular complexity index is 1430. The lowest BCUT2D eigenvalue weighted by Gasteiger charge is -2.28. The highest BCUT2D eigenvalue weighted by molar-refractivity contribution is 5.93. The van der Waals surface area contributed by atoms with Crippen LogP contribution in [0.2, 0.25) is 0 Å². The van der Waals surface area contributed by atoms with E-state index in [1.54, 1.807) is 45.2 Å². The molecule has 1 atom stereocenters. The van der Waals surface area contributed by atoms with Crippen molar-refractivity contribution in [2.75, 3.05) is 13.7 Å². The number of aromatic nitrogens is 4. The van der Waals surface area contributed by atoms with Gasteiger partial charge in [-0.2, -0.15) is 0 Å². The van der Waals surface area contributed by atoms with E-state index in [-0.39, 0.29) is 12.4 Å². The number of carbonyl (C=O) groups excluding carboxylic acids is 1. The van der Waals surface area contributed by atoms with Crippen molar-refractivity contribution < 1.29 is 24.1 Å². The molecule has 2 aromatic carbocycles. The lowest BCUT2D eigenvalue weighted by Crippen LogP contribution is -2.24. The molecule has 0 aliphatic carbocycles. The molecule has 0 spiro atoms. The summed E-state index contributed by atoms with van der Waals surface area (Å²) in [7, 11) is 1.59. The van der Waals surface area contributed by atoms with E-state index in [0.29, 0.717) is 45.6 Å². The number of hydrogen-bond acceptors (Lipinski definition) is 8. The zero-order valence-corrected chi connectivity index (χ0v) is 18.8. The monoisotopic (exact) mass is 458 g/mol. The van der Waals surface area contributed by atoms with Gasteiger partial charge in [0.25, 0.3) is 0 Å². The van der Waals surface area contributed by atoms with Crippen molar-refractivity contribution in [3.8, 4) is 28.8 Å². The molecule has 0 fully saturated rings. The van der Waals surface area contributed by atoms with E-state index in [2.05, 4.69) is 10.1 Å². The highest BCUT2D eigenvalue weighted by Crippen LogP contribution is 2.45. The smallest absolute Gasteiger partial charge is 0.338 e. The number of allylic oxidation sites excluding steroid dienone is 1. The van der Waals surface area contributed by atoms with Crippen LogP contribution in [0.15, 0.2) is 66.2 Å². The van der Waals surface area contributed by atoms with Gasteiger partial charge >= 0.3 is 5.97 Å². The SMILES string of the molecule is CCOC(=O)C1=C(C)Oc2ncn3nc(-c4ccccc4O)nc3c2[C@H]1c1ccc(OC)cc1. The maximum absolute atomic E-state index is 13.1. The Labute approximate surface area is 195 Å². The van der Waals surface area contributed by atoms with Crippen LogP contribution in [0.1, 0.15) is 30.9 Å². The minimum absolute atomic E-state index is 0.0612. The van der Waals surface area contributed by atoms with Gasteiger partial charge in [-0.25, -0.2) is 19.3 Å². The lowest BCUT2D eigenvalue weighted by molar-refractivity contribution is -0.139. The van der Waals surface area contributed by atoms with Crippen molar-refractivity contribution in [1.82, 2.24) is 19.6 Å². The van der Waals surface area contributed by atoms with Crippen LogP contribution in [0.4, 0.5) is 0 Å². The number of para-hydroxylation sites is 1. The predicted molar refractivity (Wildman–Crippen MR) is 123 cm³/mol. The number of ether oxygens (including phenoxy) is 3. The Kier molecular flexibility index (Phi) is 5.37. The number of phenols is 1. The molecule has 0 radical (unpaired) electrons. The Hall–Kier alpha value is -4.40. The quantitative estimate of drug-likeness (QED) is 0.449. The van der Waals surface area contributed by atoms with Crippen LogP contribution in [-0.2, 0) is 9.53 Å². The minimum atomic E-state index is -0.564. The van der Waals surface area contributed by atoms with Gasteiger partial charge in [0.15, 0.2) is 11.5 Å². The summed E-state index contributed by atoms with van der Waals surface area (Å²) in [5.74, 6) is 0.770. The first-order chi connectivity index (χ1) is 16.5. The first kappa shape index (κ1) is 21.4. The van der Waals surface area contributed by atoms with Crippen LogP contribution in [0.5, 0.6) is 17.4 Å². The average Bonchev–Trinajstić information content (AvgIpc) is 3.28. The van der Waals surface area contributed by atoms with Gasteiger partial charge in [0, 0.05) is 0 Å². The van der Waals surface area contributed by atoms with Gasteiger partial charge in [-0.15, -0.1) is 5.10 Å². The topological polar surface area (TPSA) is 108 Å². The van der Waals surface area contributed by atoms with E-state index in [1.807, 2.05) is 24.3 Å². The van der Waals surface area contributed by atoms with Crippen LogP contribution in [0.3, 0.4) is 0 Å². The molecule has 2 aromatic heterocycles. The summed E-state index contributed by atoms with van der Waals surface area (Å²) >= 11 is 0. The fourth-order valence-electron chi connectivity index (χ4n) is 4.12. The normalized spacial score (nSPS) is 15.1. The predicted octanol–water partition coefficient (Wildman–Crippen LogP) is 3.87. The number of aromatic hydroxyl groups is 1. The number of carbonyl (C=O) groups is 1. The third-order valence-corrected chi connectivity index (χ3v) is 5.68. The summed E-state index contributed by atoms with van der Waals surface area (Å²) in [5.41, 5.74) is 2.69. The molecule has 9 heteroatoms. The van der Waals surface area contributed by atoms with Gasteiger partial charge in [0.05, 0.1) is 36.3 Å². The average molecular weight is 458 g/mol. The maximum atomic E-state index is 13.1. The summed E-state index contributed by atoms with van der Waals surface area (Å²) in [6.07, 6.45) is 1.50. The van der Waals surface area contributed by atoms with Gasteiger partial charge in [-0.05, 0) is 43.7 Å². The molecule has 0 amide bonds. The van der Waals surface area contributed by atoms with Crippen molar-refractivity contribution in [2.24, 2.45) is 0 Å². The molecular formula is C25H22N4O5. The van der Waals surface area contributed by atoms with Crippen molar-refractivity contribution in [3.05, 3.63) is 77.3 Å². The number of fused-ring (bicyclic) bond motifs is 3. The minimum Gasteiger partial charge on any atom is -0.507 e. The first-order valence-corrected chi connectivity index (χ1v) is 10.7. The van der Waals surface area contributed by atoms with E-state index in [4.69, 9.17) is 19.2 Å². The summed E-state index contributed by atoms with van der Waals surface area (Å²) in [6.45, 7) is 3.70. The van der Waals surface area contributed by atoms with Crippen LogP contribution < -0.4 is 9.47 Å². The second kappa shape index (κ2) is 8.51. The highest BCUT2D eigenvalue weighted by Gasteiger charge is 2.38. The third kappa shape index (κ3) is 3.51. The van der Waals surface area contributed by atoms with Gasteiger partial charge in [0.1, 0.15) is 23.6 Å². The van der Waals surface area contributed by atoms with Crippen molar-refractivity contribution in [1.29, 1.82) is 0 Å². The van der Waals surface area contributed by atoms with Gasteiger partial charge in [0.2, 0.25) is 5.88 Å². The molecule has 172 valence electrons. The largest absolute Gasteiger partial charge is 0.507 e. The zero-order chi connectivity index (χ0) is 23.8. The van der Waals surface area contributed by atoms with Crippen molar-refractivity contribution in [3.63, 3.8) is 0 Å². The van der Waals surface area contributed by atoms with Crippen molar-refractivity contribution in [2.45, 2.75) is 19.8 Å². The van der Waals surface area contributed by atoms with E-state index in [9.17, 15) is 9.90 Å². The Balaban J connectivity index is 1.75. The van der Waals surface area contributed by atoms with E-state index in [1.165, 1.54) is 10.8 Å². The van der Waals surface area contributed by atoms with Crippen LogP contribution >= 0.6 is 0 Å². The van der Waals surface area contributed by atoms with Crippen molar-refractivity contribution >= 4 is 11.6 Å². The first-order valence-electron chi connectivity index (χ1n) is 10.7. The fourth-order valence-corrected chi connectivity index (χ4v) is 4.12. The molecule has 0 saturated carbocycles. The fraction of sp³-hybridized carbons (Fsp3) is 0.200. The maximum Gasteiger partial charge on any atom is 0.338 e. The third-order valence-electron chi connectivity index (χ3n) is 5.68. The molecule has 1 N–H and O–H groups in total. The number of methoxy groups -OCH3 is 1. The van der Waals surface area contributed by atoms with E-state index in [0.717, 1.165) is 5.56 Å². The molecule has 5 rings (SSSR count). The van der Waals surface area contributed by atoms with Crippen LogP contribution in [-0.4, -0.2) is 44.4 Å². The van der Waals surface area contributed by atoms with Crippen LogP contribution in [0.25, 0.3) is 17.0 Å². The number of phenolic OH excluding ortho intramolecular Hbond substituents is 1. The number of benzene rings is 2. The van der Waals surface area contributed by atoms with Crippen LogP contribution in [0, 0.1) is 0 Å². The molecule has 4 aromatic rings. The highest BCUT2D eigenvalue weighted by atomic mass is 16.5. The molecule has 9 nitrogen and oxygen atoms in total. The number of nitrogens with zero attached hydrogens (tertiary/aromatic N) is 4. The lowest BCUT2D eigenvalue weighted by atomic mass is 9.83. The summed E-state index contributed by atoms with van der Waals surface area (Å²) in [5, 5.41) is 14.8. The molecular weight excluding hydrogens is 436 g/mol. The Morgan fingerprint density at radius 1 is 1.18 bits per heavy atom. The summed E-state index contributed by atoms with van der Waals surface area (Å²) in [4.78, 5) is 22.2. The number of rotatable bonds is 5. The standard InChI is InChI=1S/C25H22N4O5/c1-4-33-25(31)19-14(2)34-24-21(20(19)15-9-11-16(32-3)12-10-15)23-27-22(28-29(23)13-26-24)17-7-5-6-8-18(17)30/h5-13,20,30H,4H2,1-3H3/t20-/m0/s1. The molecule has 0 unspecified atom stereocenters. The Morgan fingerprint density at radius 2 is 1.94 bits per heavy atom. The zero-order valence-electron chi connectivity index (χ0n) is 18.8. The summed E-state index contributed by atoms with van der Waals surface area (Å²) in [6, 6.07) is 14.2. The Morgan fingerprint density at radius 3 is 2.65 bits per heavy atom. The van der Waals surface area contributed by atoms with Gasteiger partial charge < -0.3 is 19.3 Å². The number of esters is 1. The molecule has 3 heterocycles. The molecule has 0 bridgehead atoms. The van der Waals surface area contributed by atoms with Gasteiger partial charge in [-0.3, -0.25) is 0 Å². The van der Waals surface area contributed by atoms with E-state index >= 15 is 0 Å². The molecule has 1 aliphatic rings. The molecule has 34 heavy (non-hydrogen) atoms. The van der Waals surface area contributed by atoms with E-state index < -0.39 is 11.9 Å². The molecule has 0 saturated heterocycles. The second-order valence-electron chi connectivity index (χ2n) is 7.68. The van der Waals surface area contributed by atoms with Gasteiger partial charge in [-0.1, -0.05) is 24.3 Å². The molecule has 1 aliphatic heterocycles. The summed E-state index contributed by atoms with van der Waals surface area (Å²) < 4.78 is 18.2. The second-order valence-corrected chi connectivity index (χ2v) is 7.68.